The van der Waals surface area contributed by atoms with E-state index < -0.39 is 9.84 Å². The van der Waals surface area contributed by atoms with Crippen molar-refractivity contribution in [2.45, 2.75) is 6.54 Å². The third kappa shape index (κ3) is 3.00. The Bertz CT molecular complexity index is 502. The molecular weight excluding hydrogens is 304 g/mol. The van der Waals surface area contributed by atoms with Crippen molar-refractivity contribution in [1.29, 1.82) is 0 Å². The Morgan fingerprint density at radius 2 is 1.94 bits per heavy atom. The van der Waals surface area contributed by atoms with Crippen LogP contribution in [0.1, 0.15) is 5.56 Å². The molecule has 0 radical (unpaired) electrons. The first-order valence-corrected chi connectivity index (χ1v) is 8.07. The van der Waals surface area contributed by atoms with Gasteiger partial charge in [0.2, 0.25) is 0 Å². The molecule has 0 saturated carbocycles. The molecule has 2 N–H and O–H groups in total. The molecule has 1 aliphatic heterocycles. The summed E-state index contributed by atoms with van der Waals surface area (Å²) in [4.78, 5) is 2.09. The van der Waals surface area contributed by atoms with Gasteiger partial charge in [-0.05, 0) is 17.7 Å². The molecule has 17 heavy (non-hydrogen) atoms. The summed E-state index contributed by atoms with van der Waals surface area (Å²) in [5, 5.41) is 0. The number of nitrogens with zero attached hydrogens (tertiary/aromatic N) is 1. The number of anilines is 1. The molecule has 2 rings (SSSR count). The van der Waals surface area contributed by atoms with Gasteiger partial charge in [0.15, 0.2) is 9.84 Å². The van der Waals surface area contributed by atoms with E-state index in [2.05, 4.69) is 20.8 Å². The van der Waals surface area contributed by atoms with Gasteiger partial charge in [0.1, 0.15) is 0 Å². The van der Waals surface area contributed by atoms with E-state index in [1.807, 2.05) is 18.2 Å². The molecule has 1 heterocycles. The Labute approximate surface area is 110 Å². The van der Waals surface area contributed by atoms with E-state index in [0.717, 1.165) is 15.7 Å². The van der Waals surface area contributed by atoms with Crippen LogP contribution in [-0.4, -0.2) is 33.0 Å². The van der Waals surface area contributed by atoms with Crippen molar-refractivity contribution in [3.63, 3.8) is 0 Å². The van der Waals surface area contributed by atoms with Crippen LogP contribution in [0.4, 0.5) is 5.69 Å². The summed E-state index contributed by atoms with van der Waals surface area (Å²) < 4.78 is 23.7. The van der Waals surface area contributed by atoms with Crippen molar-refractivity contribution < 1.29 is 8.42 Å². The SMILES string of the molecule is NCc1ccc(N2CCS(=O)(=O)CC2)cc1Br. The average molecular weight is 319 g/mol. The van der Waals surface area contributed by atoms with Gasteiger partial charge in [0.05, 0.1) is 11.5 Å². The van der Waals surface area contributed by atoms with Crippen LogP contribution in [0.5, 0.6) is 0 Å². The molecule has 0 aromatic heterocycles. The van der Waals surface area contributed by atoms with Gasteiger partial charge >= 0.3 is 0 Å². The van der Waals surface area contributed by atoms with Crippen LogP contribution in [0.25, 0.3) is 0 Å². The standard InChI is InChI=1S/C11H15BrN2O2S/c12-11-7-10(2-1-9(11)8-13)14-3-5-17(15,16)6-4-14/h1-2,7H,3-6,8,13H2. The van der Waals surface area contributed by atoms with Crippen LogP contribution in [0.2, 0.25) is 0 Å². The zero-order valence-corrected chi connectivity index (χ0v) is 11.8. The summed E-state index contributed by atoms with van der Waals surface area (Å²) >= 11 is 3.47. The maximum Gasteiger partial charge on any atom is 0.153 e. The number of sulfone groups is 1. The highest BCUT2D eigenvalue weighted by Gasteiger charge is 2.21. The predicted molar refractivity (Wildman–Crippen MR) is 72.9 cm³/mol. The maximum atomic E-state index is 11.3. The largest absolute Gasteiger partial charge is 0.369 e. The molecular formula is C11H15BrN2O2S. The lowest BCUT2D eigenvalue weighted by molar-refractivity contribution is 0.587. The van der Waals surface area contributed by atoms with Crippen LogP contribution >= 0.6 is 15.9 Å². The lowest BCUT2D eigenvalue weighted by Gasteiger charge is -2.29. The Morgan fingerprint density at radius 3 is 2.47 bits per heavy atom. The van der Waals surface area contributed by atoms with Crippen LogP contribution < -0.4 is 10.6 Å². The Morgan fingerprint density at radius 1 is 1.29 bits per heavy atom. The maximum absolute atomic E-state index is 11.3. The van der Waals surface area contributed by atoms with E-state index >= 15 is 0 Å². The molecule has 1 saturated heterocycles. The predicted octanol–water partition coefficient (Wildman–Crippen LogP) is 1.14. The molecule has 0 atom stereocenters. The van der Waals surface area contributed by atoms with Crippen molar-refractivity contribution in [2.24, 2.45) is 5.73 Å². The molecule has 1 fully saturated rings. The fourth-order valence-electron chi connectivity index (χ4n) is 1.87. The van der Waals surface area contributed by atoms with Crippen LogP contribution in [0.15, 0.2) is 22.7 Å². The third-order valence-corrected chi connectivity index (χ3v) is 5.31. The van der Waals surface area contributed by atoms with Crippen LogP contribution in [0, 0.1) is 0 Å². The number of nitrogens with two attached hydrogens (primary N) is 1. The van der Waals surface area contributed by atoms with Gasteiger partial charge in [-0.25, -0.2) is 8.42 Å². The minimum absolute atomic E-state index is 0.239. The van der Waals surface area contributed by atoms with Gasteiger partial charge in [-0.3, -0.25) is 0 Å². The Balaban J connectivity index is 2.16. The van der Waals surface area contributed by atoms with Crippen LogP contribution in [-0.2, 0) is 16.4 Å². The molecule has 0 bridgehead atoms. The summed E-state index contributed by atoms with van der Waals surface area (Å²) in [6.45, 7) is 1.63. The van der Waals surface area contributed by atoms with Gasteiger partial charge in [-0.2, -0.15) is 0 Å². The molecule has 94 valence electrons. The van der Waals surface area contributed by atoms with E-state index in [4.69, 9.17) is 5.73 Å². The molecule has 0 amide bonds. The third-order valence-electron chi connectivity index (χ3n) is 2.97. The molecule has 4 nitrogen and oxygen atoms in total. The summed E-state index contributed by atoms with van der Waals surface area (Å²) in [5.41, 5.74) is 7.69. The first kappa shape index (κ1) is 12.9. The second-order valence-corrected chi connectivity index (χ2v) is 7.28. The van der Waals surface area contributed by atoms with E-state index in [1.165, 1.54) is 0 Å². The van der Waals surface area contributed by atoms with Crippen molar-refractivity contribution in [3.05, 3.63) is 28.2 Å². The van der Waals surface area contributed by atoms with Gasteiger partial charge in [0.25, 0.3) is 0 Å². The van der Waals surface area contributed by atoms with Gasteiger partial charge in [-0.15, -0.1) is 0 Å². The highest BCUT2D eigenvalue weighted by atomic mass is 79.9. The fourth-order valence-corrected chi connectivity index (χ4v) is 3.60. The lowest BCUT2D eigenvalue weighted by atomic mass is 10.2. The number of benzene rings is 1. The van der Waals surface area contributed by atoms with E-state index in [0.29, 0.717) is 19.6 Å². The monoisotopic (exact) mass is 318 g/mol. The summed E-state index contributed by atoms with van der Waals surface area (Å²) in [6, 6.07) is 5.97. The molecule has 0 aliphatic carbocycles. The number of rotatable bonds is 2. The Hall–Kier alpha value is -0.590. The minimum atomic E-state index is -2.82. The lowest BCUT2D eigenvalue weighted by Crippen LogP contribution is -2.40. The number of halogens is 1. The molecule has 6 heteroatoms. The van der Waals surface area contributed by atoms with Crippen LogP contribution in [0.3, 0.4) is 0 Å². The molecule has 1 aromatic carbocycles. The first-order valence-electron chi connectivity index (χ1n) is 5.46. The summed E-state index contributed by atoms with van der Waals surface area (Å²) in [5.74, 6) is 0.479. The van der Waals surface area contributed by atoms with Crippen molar-refractivity contribution in [2.75, 3.05) is 29.5 Å². The highest BCUT2D eigenvalue weighted by molar-refractivity contribution is 9.10. The smallest absolute Gasteiger partial charge is 0.153 e. The molecule has 1 aromatic rings. The molecule has 1 aliphatic rings. The zero-order chi connectivity index (χ0) is 12.5. The second kappa shape index (κ2) is 4.96. The normalized spacial score (nSPS) is 19.3. The average Bonchev–Trinajstić information content (AvgIpc) is 2.29. The summed E-state index contributed by atoms with van der Waals surface area (Å²) in [7, 11) is -2.82. The fraction of sp³-hybridized carbons (Fsp3) is 0.455. The van der Waals surface area contributed by atoms with Crippen molar-refractivity contribution in [3.8, 4) is 0 Å². The topological polar surface area (TPSA) is 63.4 Å². The van der Waals surface area contributed by atoms with Gasteiger partial charge < -0.3 is 10.6 Å². The van der Waals surface area contributed by atoms with Crippen molar-refractivity contribution in [1.82, 2.24) is 0 Å². The Kier molecular flexibility index (Phi) is 3.75. The van der Waals surface area contributed by atoms with E-state index in [9.17, 15) is 8.42 Å². The second-order valence-electron chi connectivity index (χ2n) is 4.12. The van der Waals surface area contributed by atoms with Gasteiger partial charge in [-0.1, -0.05) is 22.0 Å². The minimum Gasteiger partial charge on any atom is -0.369 e. The quantitative estimate of drug-likeness (QED) is 0.888. The van der Waals surface area contributed by atoms with E-state index in [1.54, 1.807) is 0 Å². The van der Waals surface area contributed by atoms with E-state index in [-0.39, 0.29) is 11.5 Å². The first-order chi connectivity index (χ1) is 8.02. The summed E-state index contributed by atoms with van der Waals surface area (Å²) in [6.07, 6.45) is 0. The molecule has 0 unspecified atom stereocenters. The number of hydrogen-bond acceptors (Lipinski definition) is 4. The number of hydrogen-bond donors (Lipinski definition) is 1. The molecule has 0 spiro atoms. The van der Waals surface area contributed by atoms with Crippen molar-refractivity contribution >= 4 is 31.5 Å². The van der Waals surface area contributed by atoms with Gasteiger partial charge in [0, 0.05) is 29.8 Å². The zero-order valence-electron chi connectivity index (χ0n) is 9.39. The highest BCUT2D eigenvalue weighted by Crippen LogP contribution is 2.25.